The molecule has 0 saturated carbocycles. The predicted molar refractivity (Wildman–Crippen MR) is 170 cm³/mol. The Morgan fingerprint density at radius 2 is 1.60 bits per heavy atom. The number of ether oxygens (including phenoxy) is 2. The summed E-state index contributed by atoms with van der Waals surface area (Å²) in [6, 6.07) is 22.0. The first-order valence-electron chi connectivity index (χ1n) is 15.0. The Bertz CT molecular complexity index is 1680. The van der Waals surface area contributed by atoms with Gasteiger partial charge in [0.05, 0.1) is 6.42 Å². The van der Waals surface area contributed by atoms with E-state index in [1.807, 2.05) is 78.9 Å². The van der Waals surface area contributed by atoms with E-state index in [2.05, 4.69) is 15.6 Å². The zero-order valence-corrected chi connectivity index (χ0v) is 25.7. The fourth-order valence-corrected chi connectivity index (χ4v) is 5.37. The second kappa shape index (κ2) is 13.7. The van der Waals surface area contributed by atoms with Crippen LogP contribution in [0.15, 0.2) is 85.1 Å². The van der Waals surface area contributed by atoms with Gasteiger partial charge in [-0.15, -0.1) is 0 Å². The molecule has 2 heterocycles. The number of nitrogens with zero attached hydrogens (tertiary/aromatic N) is 1. The molecule has 2 unspecified atom stereocenters. The highest BCUT2D eigenvalue weighted by Crippen LogP contribution is 2.28. The Morgan fingerprint density at radius 1 is 0.889 bits per heavy atom. The van der Waals surface area contributed by atoms with Gasteiger partial charge < -0.3 is 30.0 Å². The van der Waals surface area contributed by atoms with Gasteiger partial charge in [-0.05, 0) is 56.0 Å². The predicted octanol–water partition coefficient (Wildman–Crippen LogP) is 4.81. The number of alkyl carbamates (subject to hydrolysis) is 1. The molecular formula is C35H38N4O6. The number of benzene rings is 3. The maximum Gasteiger partial charge on any atom is 0.408 e. The van der Waals surface area contributed by atoms with Gasteiger partial charge in [0, 0.05) is 35.8 Å². The van der Waals surface area contributed by atoms with Gasteiger partial charge in [-0.2, -0.15) is 0 Å². The molecule has 10 nitrogen and oxygen atoms in total. The van der Waals surface area contributed by atoms with Gasteiger partial charge in [0.25, 0.3) is 0 Å². The van der Waals surface area contributed by atoms with E-state index >= 15 is 0 Å². The highest BCUT2D eigenvalue weighted by Gasteiger charge is 2.35. The first-order chi connectivity index (χ1) is 21.6. The molecule has 3 aromatic carbocycles. The lowest BCUT2D eigenvalue weighted by molar-refractivity contribution is -0.147. The summed E-state index contributed by atoms with van der Waals surface area (Å²) in [5.74, 6) is -1.71. The van der Waals surface area contributed by atoms with Crippen molar-refractivity contribution >= 4 is 40.5 Å². The van der Waals surface area contributed by atoms with Gasteiger partial charge in [0.1, 0.15) is 24.3 Å². The Hall–Kier alpha value is -5.12. The van der Waals surface area contributed by atoms with Crippen LogP contribution in [-0.2, 0) is 43.3 Å². The van der Waals surface area contributed by atoms with Gasteiger partial charge in [0.2, 0.25) is 11.8 Å². The molecule has 1 aliphatic rings. The van der Waals surface area contributed by atoms with Crippen molar-refractivity contribution in [2.45, 2.75) is 64.3 Å². The van der Waals surface area contributed by atoms with E-state index < -0.39 is 41.6 Å². The molecule has 1 aliphatic heterocycles. The lowest BCUT2D eigenvalue weighted by atomic mass is 10.0. The molecule has 3 amide bonds. The van der Waals surface area contributed by atoms with Crippen molar-refractivity contribution in [1.29, 1.82) is 0 Å². The Kier molecular flexibility index (Phi) is 9.51. The van der Waals surface area contributed by atoms with Gasteiger partial charge in [-0.1, -0.05) is 66.7 Å². The second-order valence-electron chi connectivity index (χ2n) is 12.0. The monoisotopic (exact) mass is 610 g/mol. The van der Waals surface area contributed by atoms with Gasteiger partial charge in [-0.25, -0.2) is 4.79 Å². The highest BCUT2D eigenvalue weighted by molar-refractivity contribution is 6.03. The van der Waals surface area contributed by atoms with Gasteiger partial charge in [-0.3, -0.25) is 14.4 Å². The summed E-state index contributed by atoms with van der Waals surface area (Å²) < 4.78 is 10.9. The zero-order valence-electron chi connectivity index (χ0n) is 25.7. The molecule has 2 atom stereocenters. The van der Waals surface area contributed by atoms with Crippen LogP contribution >= 0.6 is 0 Å². The molecule has 0 fully saturated rings. The number of aromatic nitrogens is 1. The molecule has 3 N–H and O–H groups in total. The normalized spacial score (nSPS) is 13.9. The average Bonchev–Trinajstić information content (AvgIpc) is 3.63. The minimum Gasteiger partial charge on any atom is -0.461 e. The molecule has 0 saturated heterocycles. The van der Waals surface area contributed by atoms with Crippen molar-refractivity contribution in [3.63, 3.8) is 0 Å². The third kappa shape index (κ3) is 8.08. The number of rotatable bonds is 10. The number of hydrogen-bond acceptors (Lipinski definition) is 6. The fourth-order valence-electron chi connectivity index (χ4n) is 5.37. The number of esters is 1. The molecule has 0 bridgehead atoms. The summed E-state index contributed by atoms with van der Waals surface area (Å²) in [5, 5.41) is 6.34. The zero-order chi connectivity index (χ0) is 32.0. The number of amides is 3. The van der Waals surface area contributed by atoms with Crippen LogP contribution in [0.4, 0.5) is 10.5 Å². The summed E-state index contributed by atoms with van der Waals surface area (Å²) >= 11 is 0. The molecule has 0 aliphatic carbocycles. The number of carbonyl (C=O) groups excluding carboxylic acids is 4. The number of nitrogens with one attached hydrogen (secondary N) is 3. The Morgan fingerprint density at radius 3 is 2.38 bits per heavy atom. The highest BCUT2D eigenvalue weighted by atomic mass is 16.6. The minimum absolute atomic E-state index is 0.0322. The first kappa shape index (κ1) is 31.3. The number of carbonyl (C=O) groups is 4. The van der Waals surface area contributed by atoms with Crippen molar-refractivity contribution in [2.75, 3.05) is 11.4 Å². The molecule has 1 aromatic heterocycles. The van der Waals surface area contributed by atoms with Crippen molar-refractivity contribution in [3.8, 4) is 0 Å². The number of aromatic amines is 1. The standard InChI is InChI=1S/C35H38N4O6/c1-35(2,3)45-34(43)38-28(19-25-21-36-27-15-9-8-14-26(25)27)32(41)37-29(20-31(40)44-22-23-11-5-4-6-12-23)33(42)39-18-17-24-13-7-10-16-30(24)39/h4-16,21,28-29,36H,17-20,22H2,1-3H3,(H,37,41)(H,38,43). The largest absolute Gasteiger partial charge is 0.461 e. The second-order valence-corrected chi connectivity index (χ2v) is 12.0. The molecule has 0 radical (unpaired) electrons. The van der Waals surface area contributed by atoms with Crippen LogP contribution in [0.5, 0.6) is 0 Å². The average molecular weight is 611 g/mol. The van der Waals surface area contributed by atoms with E-state index in [1.54, 1.807) is 31.9 Å². The molecule has 10 heteroatoms. The number of fused-ring (bicyclic) bond motifs is 2. The molecule has 5 rings (SSSR count). The lowest BCUT2D eigenvalue weighted by Crippen LogP contribution is -2.56. The van der Waals surface area contributed by atoms with Crippen LogP contribution < -0.4 is 15.5 Å². The molecular weight excluding hydrogens is 572 g/mol. The van der Waals surface area contributed by atoms with Gasteiger partial charge >= 0.3 is 12.1 Å². The first-order valence-corrected chi connectivity index (χ1v) is 15.0. The van der Waals surface area contributed by atoms with Crippen LogP contribution in [-0.4, -0.2) is 53.1 Å². The van der Waals surface area contributed by atoms with Gasteiger partial charge in [0.15, 0.2) is 0 Å². The fraction of sp³-hybridized carbons (Fsp3) is 0.314. The van der Waals surface area contributed by atoms with Crippen molar-refractivity contribution < 1.29 is 28.7 Å². The van der Waals surface area contributed by atoms with Crippen molar-refractivity contribution in [1.82, 2.24) is 15.6 Å². The van der Waals surface area contributed by atoms with Crippen LogP contribution in [0.1, 0.15) is 43.9 Å². The topological polar surface area (TPSA) is 130 Å². The van der Waals surface area contributed by atoms with E-state index in [4.69, 9.17) is 9.47 Å². The molecule has 234 valence electrons. The smallest absolute Gasteiger partial charge is 0.408 e. The summed E-state index contributed by atoms with van der Waals surface area (Å²) in [5.41, 5.74) is 3.42. The van der Waals surface area contributed by atoms with Crippen LogP contribution in [0.25, 0.3) is 10.9 Å². The SMILES string of the molecule is CC(C)(C)OC(=O)NC(Cc1c[nH]c2ccccc12)C(=O)NC(CC(=O)OCc1ccccc1)C(=O)N1CCc2ccccc21. The maximum absolute atomic E-state index is 14.0. The van der Waals surface area contributed by atoms with Crippen LogP contribution in [0, 0.1) is 0 Å². The number of H-pyrrole nitrogens is 1. The number of anilines is 1. The molecule has 4 aromatic rings. The van der Waals surface area contributed by atoms with E-state index in [0.29, 0.717) is 13.0 Å². The summed E-state index contributed by atoms with van der Waals surface area (Å²) in [4.78, 5) is 58.6. The third-order valence-corrected chi connectivity index (χ3v) is 7.49. The summed E-state index contributed by atoms with van der Waals surface area (Å²) in [6.07, 6.45) is 1.39. The Balaban J connectivity index is 1.38. The lowest BCUT2D eigenvalue weighted by Gasteiger charge is -2.27. The third-order valence-electron chi connectivity index (χ3n) is 7.49. The van der Waals surface area contributed by atoms with E-state index in [9.17, 15) is 19.2 Å². The van der Waals surface area contributed by atoms with Crippen molar-refractivity contribution in [2.24, 2.45) is 0 Å². The summed E-state index contributed by atoms with van der Waals surface area (Å²) in [6.45, 7) is 5.63. The van der Waals surface area contributed by atoms with E-state index in [1.165, 1.54) is 0 Å². The Labute approximate surface area is 262 Å². The van der Waals surface area contributed by atoms with Crippen molar-refractivity contribution in [3.05, 3.63) is 102 Å². The van der Waals surface area contributed by atoms with E-state index in [-0.39, 0.29) is 19.4 Å². The quantitative estimate of drug-likeness (QED) is 0.221. The molecule has 45 heavy (non-hydrogen) atoms. The van der Waals surface area contributed by atoms with Crippen LogP contribution in [0.3, 0.4) is 0 Å². The maximum atomic E-state index is 14.0. The number of para-hydroxylation sites is 2. The van der Waals surface area contributed by atoms with E-state index in [0.717, 1.165) is 33.3 Å². The number of hydrogen-bond donors (Lipinski definition) is 3. The summed E-state index contributed by atoms with van der Waals surface area (Å²) in [7, 11) is 0. The van der Waals surface area contributed by atoms with Crippen LogP contribution in [0.2, 0.25) is 0 Å². The molecule has 0 spiro atoms. The minimum atomic E-state index is -1.24.